The van der Waals surface area contributed by atoms with E-state index in [0.29, 0.717) is 6.54 Å². The molecular formula is C14H18N2O6. The molecule has 1 amide bonds. The molecule has 8 nitrogen and oxygen atoms in total. The van der Waals surface area contributed by atoms with E-state index >= 15 is 0 Å². The number of para-hydroxylation sites is 2. The zero-order chi connectivity index (χ0) is 16.4. The number of nitrogens with one attached hydrogen (secondary N) is 1. The minimum Gasteiger partial charge on any atom is -0.475 e. The van der Waals surface area contributed by atoms with Gasteiger partial charge in [-0.15, -0.1) is 0 Å². The molecule has 120 valence electrons. The monoisotopic (exact) mass is 310 g/mol. The molecule has 0 aliphatic rings. The molecule has 1 rings (SSSR count). The van der Waals surface area contributed by atoms with E-state index in [1.807, 2.05) is 6.92 Å². The van der Waals surface area contributed by atoms with Crippen molar-refractivity contribution in [1.29, 1.82) is 0 Å². The van der Waals surface area contributed by atoms with Crippen LogP contribution in [0.4, 0.5) is 5.69 Å². The Morgan fingerprint density at radius 3 is 2.68 bits per heavy atom. The van der Waals surface area contributed by atoms with Gasteiger partial charge in [0.25, 0.3) is 5.91 Å². The van der Waals surface area contributed by atoms with E-state index in [9.17, 15) is 19.7 Å². The van der Waals surface area contributed by atoms with Crippen molar-refractivity contribution in [2.75, 3.05) is 19.8 Å². The maximum Gasteiger partial charge on any atom is 0.344 e. The van der Waals surface area contributed by atoms with E-state index < -0.39 is 30.0 Å². The second-order valence-electron chi connectivity index (χ2n) is 4.38. The lowest BCUT2D eigenvalue weighted by molar-refractivity contribution is -0.385. The maximum absolute atomic E-state index is 11.4. The number of carbonyl (C=O) groups is 2. The van der Waals surface area contributed by atoms with Crippen molar-refractivity contribution in [3.05, 3.63) is 34.4 Å². The van der Waals surface area contributed by atoms with Crippen molar-refractivity contribution >= 4 is 17.6 Å². The third-order valence-electron chi connectivity index (χ3n) is 2.62. The summed E-state index contributed by atoms with van der Waals surface area (Å²) in [6, 6.07) is 5.68. The Labute approximate surface area is 127 Å². The molecule has 0 aromatic heterocycles. The number of nitro benzene ring substituents is 1. The van der Waals surface area contributed by atoms with Gasteiger partial charge < -0.3 is 14.8 Å². The minimum atomic E-state index is -0.774. The molecule has 0 aliphatic heterocycles. The van der Waals surface area contributed by atoms with Crippen LogP contribution in [-0.2, 0) is 14.3 Å². The first kappa shape index (κ1) is 17.4. The number of rotatable bonds is 9. The molecule has 0 aliphatic carbocycles. The van der Waals surface area contributed by atoms with Crippen molar-refractivity contribution < 1.29 is 24.0 Å². The van der Waals surface area contributed by atoms with Crippen LogP contribution in [0.15, 0.2) is 24.3 Å². The normalized spacial score (nSPS) is 9.86. The zero-order valence-corrected chi connectivity index (χ0v) is 12.2. The first-order valence-corrected chi connectivity index (χ1v) is 6.83. The highest BCUT2D eigenvalue weighted by Gasteiger charge is 2.15. The predicted octanol–water partition coefficient (Wildman–Crippen LogP) is 1.43. The van der Waals surface area contributed by atoms with Crippen LogP contribution in [0.3, 0.4) is 0 Å². The largest absolute Gasteiger partial charge is 0.475 e. The van der Waals surface area contributed by atoms with Crippen LogP contribution < -0.4 is 10.1 Å². The van der Waals surface area contributed by atoms with Crippen molar-refractivity contribution in [1.82, 2.24) is 5.32 Å². The van der Waals surface area contributed by atoms with Crippen LogP contribution in [0.1, 0.15) is 19.8 Å². The van der Waals surface area contributed by atoms with Gasteiger partial charge in [0.05, 0.1) is 4.92 Å². The highest BCUT2D eigenvalue weighted by atomic mass is 16.6. The summed E-state index contributed by atoms with van der Waals surface area (Å²) >= 11 is 0. The van der Waals surface area contributed by atoms with E-state index in [-0.39, 0.29) is 11.4 Å². The average molecular weight is 310 g/mol. The predicted molar refractivity (Wildman–Crippen MR) is 77.5 cm³/mol. The summed E-state index contributed by atoms with van der Waals surface area (Å²) in [6.07, 6.45) is 1.80. The molecule has 0 saturated carbocycles. The van der Waals surface area contributed by atoms with Gasteiger partial charge in [0, 0.05) is 12.6 Å². The number of benzene rings is 1. The summed E-state index contributed by atoms with van der Waals surface area (Å²) in [5.74, 6) is -1.20. The molecule has 0 fully saturated rings. The van der Waals surface area contributed by atoms with Crippen molar-refractivity contribution in [2.45, 2.75) is 19.8 Å². The van der Waals surface area contributed by atoms with Gasteiger partial charge in [-0.1, -0.05) is 25.5 Å². The number of hydrogen-bond donors (Lipinski definition) is 1. The molecule has 0 spiro atoms. The summed E-state index contributed by atoms with van der Waals surface area (Å²) < 4.78 is 9.75. The molecule has 0 bridgehead atoms. The van der Waals surface area contributed by atoms with Crippen LogP contribution >= 0.6 is 0 Å². The number of esters is 1. The van der Waals surface area contributed by atoms with Gasteiger partial charge in [0.1, 0.15) is 0 Å². The van der Waals surface area contributed by atoms with Crippen LogP contribution in [-0.4, -0.2) is 36.6 Å². The highest BCUT2D eigenvalue weighted by Crippen LogP contribution is 2.25. The smallest absolute Gasteiger partial charge is 0.344 e. The average Bonchev–Trinajstić information content (AvgIpc) is 2.51. The first-order chi connectivity index (χ1) is 10.5. The molecule has 0 atom stereocenters. The Morgan fingerprint density at radius 2 is 2.00 bits per heavy atom. The quantitative estimate of drug-likeness (QED) is 0.320. The molecular weight excluding hydrogens is 292 g/mol. The molecule has 0 radical (unpaired) electrons. The van der Waals surface area contributed by atoms with Crippen LogP contribution in [0.5, 0.6) is 5.75 Å². The molecule has 0 saturated heterocycles. The van der Waals surface area contributed by atoms with Gasteiger partial charge in [-0.25, -0.2) is 4.79 Å². The fourth-order valence-electron chi connectivity index (χ4n) is 1.51. The van der Waals surface area contributed by atoms with E-state index in [1.165, 1.54) is 18.2 Å². The zero-order valence-electron chi connectivity index (χ0n) is 12.2. The van der Waals surface area contributed by atoms with E-state index in [1.54, 1.807) is 6.07 Å². The summed E-state index contributed by atoms with van der Waals surface area (Å²) in [6.45, 7) is 1.61. The molecule has 8 heteroatoms. The van der Waals surface area contributed by atoms with Crippen LogP contribution in [0, 0.1) is 10.1 Å². The lowest BCUT2D eigenvalue weighted by Crippen LogP contribution is -2.30. The topological polar surface area (TPSA) is 108 Å². The van der Waals surface area contributed by atoms with E-state index in [2.05, 4.69) is 5.32 Å². The van der Waals surface area contributed by atoms with Crippen LogP contribution in [0.2, 0.25) is 0 Å². The summed E-state index contributed by atoms with van der Waals surface area (Å²) in [4.78, 5) is 32.9. The summed E-state index contributed by atoms with van der Waals surface area (Å²) in [5, 5.41) is 13.4. The molecule has 1 aromatic carbocycles. The lowest BCUT2D eigenvalue weighted by atomic mass is 10.3. The number of nitrogens with zero attached hydrogens (tertiary/aromatic N) is 1. The number of carbonyl (C=O) groups excluding carboxylic acids is 2. The van der Waals surface area contributed by atoms with Crippen molar-refractivity contribution in [3.63, 3.8) is 0 Å². The number of hydrogen-bond acceptors (Lipinski definition) is 6. The minimum absolute atomic E-state index is 0.0307. The Hall–Kier alpha value is -2.64. The number of amides is 1. The second-order valence-corrected chi connectivity index (χ2v) is 4.38. The highest BCUT2D eigenvalue weighted by molar-refractivity contribution is 5.80. The van der Waals surface area contributed by atoms with Crippen LogP contribution in [0.25, 0.3) is 0 Å². The maximum atomic E-state index is 11.4. The van der Waals surface area contributed by atoms with Gasteiger partial charge >= 0.3 is 11.7 Å². The Balaban J connectivity index is 2.35. The van der Waals surface area contributed by atoms with Gasteiger partial charge in [0.2, 0.25) is 0 Å². The SMILES string of the molecule is CCCCNC(=O)COC(=O)COc1ccccc1[N+](=O)[O-]. The third-order valence-corrected chi connectivity index (χ3v) is 2.62. The molecule has 1 N–H and O–H groups in total. The van der Waals surface area contributed by atoms with Gasteiger partial charge in [-0.2, -0.15) is 0 Å². The third kappa shape index (κ3) is 6.21. The standard InChI is InChI=1S/C14H18N2O6/c1-2-3-8-15-13(17)9-22-14(18)10-21-12-7-5-4-6-11(12)16(19)20/h4-7H,2-3,8-10H2,1H3,(H,15,17). The summed E-state index contributed by atoms with van der Waals surface area (Å²) in [7, 11) is 0. The molecule has 0 heterocycles. The Bertz CT molecular complexity index is 532. The fourth-order valence-corrected chi connectivity index (χ4v) is 1.51. The molecule has 22 heavy (non-hydrogen) atoms. The van der Waals surface area contributed by atoms with E-state index in [0.717, 1.165) is 12.8 Å². The Morgan fingerprint density at radius 1 is 1.27 bits per heavy atom. The van der Waals surface area contributed by atoms with Gasteiger partial charge in [0.15, 0.2) is 19.0 Å². The van der Waals surface area contributed by atoms with Crippen molar-refractivity contribution in [3.8, 4) is 5.75 Å². The molecule has 0 unspecified atom stereocenters. The molecule has 1 aromatic rings. The first-order valence-electron chi connectivity index (χ1n) is 6.83. The van der Waals surface area contributed by atoms with Gasteiger partial charge in [-0.05, 0) is 12.5 Å². The van der Waals surface area contributed by atoms with Gasteiger partial charge in [-0.3, -0.25) is 14.9 Å². The van der Waals surface area contributed by atoms with Crippen molar-refractivity contribution in [2.24, 2.45) is 0 Å². The Kier molecular flexibility index (Phi) is 7.38. The fraction of sp³-hybridized carbons (Fsp3) is 0.429. The van der Waals surface area contributed by atoms with E-state index in [4.69, 9.17) is 9.47 Å². The lowest BCUT2D eigenvalue weighted by Gasteiger charge is -2.07. The second kappa shape index (κ2) is 9.32. The summed E-state index contributed by atoms with van der Waals surface area (Å²) in [5.41, 5.74) is -0.243. The number of unbranched alkanes of at least 4 members (excludes halogenated alkanes) is 1. The number of nitro groups is 1. The number of ether oxygens (including phenoxy) is 2.